The fraction of sp³-hybridized carbons (Fsp3) is 0.818. The molecule has 0 heterocycles. The predicted molar refractivity (Wildman–Crippen MR) is 52.8 cm³/mol. The van der Waals surface area contributed by atoms with E-state index in [0.717, 1.165) is 12.8 Å². The molecule has 2 atom stereocenters. The number of hydrogen-bond donors (Lipinski definition) is 2. The Bertz CT molecular complexity index is 336. The largest absolute Gasteiger partial charge is 0.481 e. The van der Waals surface area contributed by atoms with Crippen LogP contribution in [0.25, 0.3) is 0 Å². The summed E-state index contributed by atoms with van der Waals surface area (Å²) in [5.74, 6) is 0.542. The van der Waals surface area contributed by atoms with Gasteiger partial charge in [-0.05, 0) is 43.9 Å². The molecule has 15 heavy (non-hydrogen) atoms. The van der Waals surface area contributed by atoms with Crippen molar-refractivity contribution in [3.8, 4) is 0 Å². The second kappa shape index (κ2) is 2.74. The monoisotopic (exact) mass is 209 g/mol. The fourth-order valence-corrected chi connectivity index (χ4v) is 4.25. The molecule has 4 saturated carbocycles. The highest BCUT2D eigenvalue weighted by atomic mass is 16.4. The van der Waals surface area contributed by atoms with E-state index < -0.39 is 11.4 Å². The summed E-state index contributed by atoms with van der Waals surface area (Å²) in [7, 11) is 0. The van der Waals surface area contributed by atoms with Gasteiger partial charge in [0.05, 0.1) is 5.71 Å². The second-order valence-electron chi connectivity index (χ2n) is 5.42. The highest BCUT2D eigenvalue weighted by Crippen LogP contribution is 2.58. The van der Waals surface area contributed by atoms with E-state index in [1.54, 1.807) is 0 Å². The van der Waals surface area contributed by atoms with Gasteiger partial charge in [0.15, 0.2) is 0 Å². The summed E-state index contributed by atoms with van der Waals surface area (Å²) < 4.78 is 0. The maximum atomic E-state index is 11.4. The maximum Gasteiger partial charge on any atom is 0.315 e. The van der Waals surface area contributed by atoms with E-state index in [-0.39, 0.29) is 5.92 Å². The molecule has 0 unspecified atom stereocenters. The molecule has 4 heteroatoms. The van der Waals surface area contributed by atoms with E-state index in [9.17, 15) is 9.90 Å². The topological polar surface area (TPSA) is 69.9 Å². The molecule has 4 rings (SSSR count). The number of carbonyl (C=O) groups is 1. The van der Waals surface area contributed by atoms with Gasteiger partial charge in [0.2, 0.25) is 0 Å². The summed E-state index contributed by atoms with van der Waals surface area (Å²) in [6.07, 6.45) is 4.63. The third-order valence-electron chi connectivity index (χ3n) is 4.57. The van der Waals surface area contributed by atoms with Crippen LogP contribution in [0.2, 0.25) is 0 Å². The predicted octanol–water partition coefficient (Wildman–Crippen LogP) is 1.73. The summed E-state index contributed by atoms with van der Waals surface area (Å²) >= 11 is 0. The second-order valence-corrected chi connectivity index (χ2v) is 5.42. The third kappa shape index (κ3) is 1.02. The zero-order valence-electron chi connectivity index (χ0n) is 8.52. The van der Waals surface area contributed by atoms with Crippen LogP contribution in [0.3, 0.4) is 0 Å². The van der Waals surface area contributed by atoms with Crippen molar-refractivity contribution in [1.82, 2.24) is 0 Å². The maximum absolute atomic E-state index is 11.4. The number of carboxylic acid groups (broad SMARTS) is 1. The number of oxime groups is 1. The lowest BCUT2D eigenvalue weighted by atomic mass is 9.48. The summed E-state index contributed by atoms with van der Waals surface area (Å²) in [6.45, 7) is 0. The van der Waals surface area contributed by atoms with Crippen LogP contribution >= 0.6 is 0 Å². The first-order chi connectivity index (χ1) is 7.15. The minimum atomic E-state index is -0.816. The Morgan fingerprint density at radius 1 is 1.27 bits per heavy atom. The van der Waals surface area contributed by atoms with Crippen LogP contribution in [-0.4, -0.2) is 22.0 Å². The van der Waals surface area contributed by atoms with Crippen molar-refractivity contribution in [1.29, 1.82) is 0 Å². The van der Waals surface area contributed by atoms with E-state index >= 15 is 0 Å². The standard InChI is InChI=1S/C11H15NO3/c13-10(14)11-4-6-1-7(5-11)3-8(2-6)9(11)12-15/h6-8,15H,1-5H2,(H,13,14)/b12-9-/t6-,7-,8?,11?/m0/s1. The Hall–Kier alpha value is -1.06. The van der Waals surface area contributed by atoms with Crippen LogP contribution in [0.15, 0.2) is 5.16 Å². The van der Waals surface area contributed by atoms with Crippen molar-refractivity contribution in [2.75, 3.05) is 0 Å². The van der Waals surface area contributed by atoms with Crippen LogP contribution in [-0.2, 0) is 4.79 Å². The molecule has 0 spiro atoms. The highest BCUT2D eigenvalue weighted by molar-refractivity contribution is 6.08. The minimum Gasteiger partial charge on any atom is -0.481 e. The normalized spacial score (nSPS) is 49.9. The molecule has 0 saturated heterocycles. The SMILES string of the molecule is O=C(O)C12C[C@@H]3CC(C[C@H](C3)C1)/C2=N/O. The Labute approximate surface area is 88.0 Å². The molecule has 0 aromatic heterocycles. The highest BCUT2D eigenvalue weighted by Gasteiger charge is 2.59. The molecule has 0 aliphatic heterocycles. The summed E-state index contributed by atoms with van der Waals surface area (Å²) in [5, 5.41) is 21.7. The van der Waals surface area contributed by atoms with Crippen molar-refractivity contribution in [3.05, 3.63) is 0 Å². The summed E-state index contributed by atoms with van der Waals surface area (Å²) in [4.78, 5) is 11.4. The molecule has 4 aliphatic carbocycles. The van der Waals surface area contributed by atoms with Crippen LogP contribution < -0.4 is 0 Å². The van der Waals surface area contributed by atoms with Gasteiger partial charge < -0.3 is 10.3 Å². The van der Waals surface area contributed by atoms with Gasteiger partial charge in [0, 0.05) is 5.92 Å². The molecule has 0 aromatic rings. The zero-order chi connectivity index (χ0) is 10.6. The molecule has 4 bridgehead atoms. The lowest BCUT2D eigenvalue weighted by Crippen LogP contribution is -2.57. The van der Waals surface area contributed by atoms with Crippen LogP contribution in [0.5, 0.6) is 0 Å². The number of nitrogens with zero attached hydrogens (tertiary/aromatic N) is 1. The van der Waals surface area contributed by atoms with Crippen LogP contribution in [0, 0.1) is 23.2 Å². The molecule has 82 valence electrons. The van der Waals surface area contributed by atoms with Gasteiger partial charge >= 0.3 is 5.97 Å². The molecule has 4 aliphatic rings. The molecule has 4 fully saturated rings. The van der Waals surface area contributed by atoms with Gasteiger partial charge in [0.25, 0.3) is 0 Å². The molecule has 0 radical (unpaired) electrons. The Kier molecular flexibility index (Phi) is 1.68. The summed E-state index contributed by atoms with van der Waals surface area (Å²) in [6, 6.07) is 0. The van der Waals surface area contributed by atoms with Gasteiger partial charge in [-0.1, -0.05) is 5.16 Å². The van der Waals surface area contributed by atoms with E-state index in [1.165, 1.54) is 6.42 Å². The lowest BCUT2D eigenvalue weighted by Gasteiger charge is -2.54. The van der Waals surface area contributed by atoms with Gasteiger partial charge in [-0.2, -0.15) is 0 Å². The molecular formula is C11H15NO3. The lowest BCUT2D eigenvalue weighted by molar-refractivity contribution is -0.151. The molecule has 0 aromatic carbocycles. The van der Waals surface area contributed by atoms with Crippen molar-refractivity contribution in [2.45, 2.75) is 32.1 Å². The van der Waals surface area contributed by atoms with Gasteiger partial charge in [-0.3, -0.25) is 4.79 Å². The van der Waals surface area contributed by atoms with Crippen molar-refractivity contribution < 1.29 is 15.1 Å². The zero-order valence-corrected chi connectivity index (χ0v) is 8.52. The first-order valence-electron chi connectivity index (χ1n) is 5.61. The average Bonchev–Trinajstić information content (AvgIpc) is 2.16. The Balaban J connectivity index is 2.08. The average molecular weight is 209 g/mol. The van der Waals surface area contributed by atoms with Crippen LogP contribution in [0.4, 0.5) is 0 Å². The van der Waals surface area contributed by atoms with Gasteiger partial charge in [0.1, 0.15) is 5.41 Å². The minimum absolute atomic E-state index is 0.234. The van der Waals surface area contributed by atoms with Crippen molar-refractivity contribution in [2.24, 2.45) is 28.3 Å². The number of carboxylic acids is 1. The number of rotatable bonds is 1. The van der Waals surface area contributed by atoms with Crippen LogP contribution in [0.1, 0.15) is 32.1 Å². The first kappa shape index (κ1) is 9.19. The Morgan fingerprint density at radius 2 is 1.87 bits per heavy atom. The van der Waals surface area contributed by atoms with E-state index in [2.05, 4.69) is 5.16 Å². The molecule has 2 N–H and O–H groups in total. The Morgan fingerprint density at radius 3 is 2.33 bits per heavy atom. The van der Waals surface area contributed by atoms with Crippen molar-refractivity contribution >= 4 is 11.7 Å². The number of hydrogen-bond acceptors (Lipinski definition) is 3. The fourth-order valence-electron chi connectivity index (χ4n) is 4.25. The summed E-state index contributed by atoms with van der Waals surface area (Å²) in [5.41, 5.74) is -0.258. The van der Waals surface area contributed by atoms with Gasteiger partial charge in [-0.25, -0.2) is 0 Å². The quantitative estimate of drug-likeness (QED) is 0.510. The van der Waals surface area contributed by atoms with Gasteiger partial charge in [-0.15, -0.1) is 0 Å². The van der Waals surface area contributed by atoms with E-state index in [4.69, 9.17) is 5.21 Å². The molecular weight excluding hydrogens is 194 g/mol. The van der Waals surface area contributed by atoms with E-state index in [1.807, 2.05) is 0 Å². The molecule has 0 amide bonds. The van der Waals surface area contributed by atoms with Crippen molar-refractivity contribution in [3.63, 3.8) is 0 Å². The first-order valence-corrected chi connectivity index (χ1v) is 5.61. The number of aliphatic carboxylic acids is 1. The third-order valence-corrected chi connectivity index (χ3v) is 4.57. The smallest absolute Gasteiger partial charge is 0.315 e. The van der Waals surface area contributed by atoms with E-state index in [0.29, 0.717) is 30.4 Å². The molecule has 4 nitrogen and oxygen atoms in total.